The molecule has 1 atom stereocenters. The van der Waals surface area contributed by atoms with Crippen LogP contribution >= 0.6 is 11.3 Å². The monoisotopic (exact) mass is 470 g/mol. The van der Waals surface area contributed by atoms with Crippen molar-refractivity contribution < 1.29 is 9.53 Å². The number of ether oxygens (including phenoxy) is 1. The summed E-state index contributed by atoms with van der Waals surface area (Å²) in [6.07, 6.45) is 3.39. The Morgan fingerprint density at radius 3 is 2.70 bits per heavy atom. The molecule has 0 aliphatic carbocycles. The fraction of sp³-hybridized carbons (Fsp3) is 0.577. The number of piperazine rings is 1. The first-order valence-electron chi connectivity index (χ1n) is 12.2. The highest BCUT2D eigenvalue weighted by molar-refractivity contribution is 7.09. The Bertz CT molecular complexity index is 867. The molecule has 0 spiro atoms. The third kappa shape index (κ3) is 7.03. The van der Waals surface area contributed by atoms with Gasteiger partial charge in [-0.15, -0.1) is 11.3 Å². The highest BCUT2D eigenvalue weighted by atomic mass is 32.1. The summed E-state index contributed by atoms with van der Waals surface area (Å²) in [6.45, 7) is 8.00. The fourth-order valence-corrected chi connectivity index (χ4v) is 5.64. The van der Waals surface area contributed by atoms with Crippen LogP contribution in [0.2, 0.25) is 0 Å². The number of rotatable bonds is 9. The quantitative estimate of drug-likeness (QED) is 0.562. The van der Waals surface area contributed by atoms with Crippen LogP contribution in [0.4, 0.5) is 0 Å². The van der Waals surface area contributed by atoms with E-state index in [4.69, 9.17) is 4.74 Å². The maximum atomic E-state index is 12.9. The van der Waals surface area contributed by atoms with Crippen LogP contribution < -0.4 is 4.74 Å². The number of carbonyl (C=O) groups excluding carboxylic acids is 1. The van der Waals surface area contributed by atoms with E-state index in [9.17, 15) is 4.79 Å². The van der Waals surface area contributed by atoms with E-state index in [2.05, 4.69) is 69.4 Å². The van der Waals surface area contributed by atoms with Gasteiger partial charge < -0.3 is 9.64 Å². The van der Waals surface area contributed by atoms with Crippen molar-refractivity contribution in [3.05, 3.63) is 52.2 Å². The molecule has 7 heteroatoms. The van der Waals surface area contributed by atoms with Gasteiger partial charge in [0, 0.05) is 50.7 Å². The van der Waals surface area contributed by atoms with Gasteiger partial charge in [0.15, 0.2) is 0 Å². The first-order valence-corrected chi connectivity index (χ1v) is 13.1. The average Bonchev–Trinajstić information content (AvgIpc) is 3.32. The molecule has 2 aromatic rings. The maximum Gasteiger partial charge on any atom is 0.240 e. The molecule has 0 saturated carbocycles. The highest BCUT2D eigenvalue weighted by Crippen LogP contribution is 2.19. The summed E-state index contributed by atoms with van der Waals surface area (Å²) in [5.74, 6) is 1.26. The fourth-order valence-electron chi connectivity index (χ4n) is 4.85. The van der Waals surface area contributed by atoms with Crippen LogP contribution in [0, 0.1) is 0 Å². The van der Waals surface area contributed by atoms with Gasteiger partial charge in [-0.2, -0.15) is 0 Å². The van der Waals surface area contributed by atoms with Crippen molar-refractivity contribution in [3.8, 4) is 5.75 Å². The van der Waals surface area contributed by atoms with E-state index in [0.29, 0.717) is 12.5 Å². The molecular weight excluding hydrogens is 432 g/mol. The Morgan fingerprint density at radius 2 is 1.94 bits per heavy atom. The van der Waals surface area contributed by atoms with Gasteiger partial charge in [-0.3, -0.25) is 19.5 Å². The second-order valence-electron chi connectivity index (χ2n) is 9.41. The lowest BCUT2D eigenvalue weighted by molar-refractivity contribution is -0.139. The van der Waals surface area contributed by atoms with E-state index in [1.807, 2.05) is 6.07 Å². The zero-order chi connectivity index (χ0) is 23.0. The van der Waals surface area contributed by atoms with Gasteiger partial charge in [0.2, 0.25) is 5.91 Å². The molecule has 1 aromatic heterocycles. The Balaban J connectivity index is 1.16. The number of nitrogens with zero attached hydrogens (tertiary/aromatic N) is 4. The van der Waals surface area contributed by atoms with Gasteiger partial charge in [0.25, 0.3) is 0 Å². The van der Waals surface area contributed by atoms with Crippen molar-refractivity contribution in [1.29, 1.82) is 0 Å². The van der Waals surface area contributed by atoms with E-state index in [-0.39, 0.29) is 6.04 Å². The zero-order valence-corrected chi connectivity index (χ0v) is 20.9. The number of hydrogen-bond donors (Lipinski definition) is 0. The molecule has 2 saturated heterocycles. The Labute approximate surface area is 202 Å². The molecule has 2 fully saturated rings. The smallest absolute Gasteiger partial charge is 0.240 e. The molecule has 0 N–H and O–H groups in total. The third-order valence-corrected chi connectivity index (χ3v) is 7.63. The average molecular weight is 471 g/mol. The van der Waals surface area contributed by atoms with E-state index < -0.39 is 0 Å². The van der Waals surface area contributed by atoms with Crippen molar-refractivity contribution in [2.24, 2.45) is 0 Å². The number of piperidine rings is 1. The Hall–Kier alpha value is -1.93. The predicted octanol–water partition coefficient (Wildman–Crippen LogP) is 3.39. The molecule has 4 rings (SSSR count). The number of thiophene rings is 1. The SMILES string of the molecule is CN(Cc1cccc(OCCN2CCN(C(=O)C3CCCCN3C)CC2)c1)Cc1cccs1. The number of amides is 1. The summed E-state index contributed by atoms with van der Waals surface area (Å²) in [5.41, 5.74) is 1.27. The molecular formula is C26H38N4O2S. The van der Waals surface area contributed by atoms with Gasteiger partial charge >= 0.3 is 0 Å². The number of carbonyl (C=O) groups is 1. The summed E-state index contributed by atoms with van der Waals surface area (Å²) in [4.78, 5) is 23.3. The van der Waals surface area contributed by atoms with E-state index >= 15 is 0 Å². The van der Waals surface area contributed by atoms with Crippen LogP contribution in [0.15, 0.2) is 41.8 Å². The first-order chi connectivity index (χ1) is 16.1. The molecule has 1 amide bonds. The minimum absolute atomic E-state index is 0.0882. The standard InChI is InChI=1S/C26H38N4O2S/c1-27(21-24-9-6-18-33-24)20-22-7-5-8-23(19-22)32-17-16-29-12-14-30(15-13-29)26(31)25-10-3-4-11-28(25)2/h5-9,18-19,25H,3-4,10-17,20-21H2,1-2H3. The minimum atomic E-state index is 0.0882. The molecule has 2 aliphatic rings. The third-order valence-electron chi connectivity index (χ3n) is 6.77. The summed E-state index contributed by atoms with van der Waals surface area (Å²) in [6, 6.07) is 12.8. The van der Waals surface area contributed by atoms with Gasteiger partial charge in [-0.25, -0.2) is 0 Å². The largest absolute Gasteiger partial charge is 0.492 e. The summed E-state index contributed by atoms with van der Waals surface area (Å²) in [5, 5.41) is 2.13. The number of likely N-dealkylation sites (tertiary alicyclic amines) is 1. The van der Waals surface area contributed by atoms with Crippen LogP contribution in [0.25, 0.3) is 0 Å². The topological polar surface area (TPSA) is 39.3 Å². The normalized spacial score (nSPS) is 20.3. The van der Waals surface area contributed by atoms with Crippen molar-refractivity contribution in [3.63, 3.8) is 0 Å². The number of hydrogen-bond acceptors (Lipinski definition) is 6. The molecule has 1 aromatic carbocycles. The molecule has 0 radical (unpaired) electrons. The Kier molecular flexibility index (Phi) is 8.78. The Morgan fingerprint density at radius 1 is 1.09 bits per heavy atom. The maximum absolute atomic E-state index is 12.9. The van der Waals surface area contributed by atoms with Crippen LogP contribution in [0.5, 0.6) is 5.75 Å². The van der Waals surface area contributed by atoms with E-state index in [1.54, 1.807) is 11.3 Å². The highest BCUT2D eigenvalue weighted by Gasteiger charge is 2.31. The predicted molar refractivity (Wildman–Crippen MR) is 135 cm³/mol. The lowest BCUT2D eigenvalue weighted by atomic mass is 10.0. The summed E-state index contributed by atoms with van der Waals surface area (Å²) >= 11 is 1.80. The van der Waals surface area contributed by atoms with Crippen LogP contribution in [-0.2, 0) is 17.9 Å². The molecule has 2 aliphatic heterocycles. The van der Waals surface area contributed by atoms with Crippen molar-refractivity contribution >= 4 is 17.2 Å². The number of benzene rings is 1. The van der Waals surface area contributed by atoms with Crippen molar-refractivity contribution in [2.45, 2.75) is 38.4 Å². The lowest BCUT2D eigenvalue weighted by Crippen LogP contribution is -2.55. The van der Waals surface area contributed by atoms with Crippen molar-refractivity contribution in [1.82, 2.24) is 19.6 Å². The minimum Gasteiger partial charge on any atom is -0.492 e. The second-order valence-corrected chi connectivity index (χ2v) is 10.4. The molecule has 33 heavy (non-hydrogen) atoms. The zero-order valence-electron chi connectivity index (χ0n) is 20.1. The van der Waals surface area contributed by atoms with Crippen LogP contribution in [0.3, 0.4) is 0 Å². The van der Waals surface area contributed by atoms with Crippen LogP contribution in [-0.4, -0.2) is 91.5 Å². The van der Waals surface area contributed by atoms with Gasteiger partial charge in [-0.1, -0.05) is 24.6 Å². The van der Waals surface area contributed by atoms with Crippen molar-refractivity contribution in [2.75, 3.05) is 60.0 Å². The van der Waals surface area contributed by atoms with Gasteiger partial charge in [0.1, 0.15) is 12.4 Å². The van der Waals surface area contributed by atoms with Gasteiger partial charge in [-0.05, 0) is 62.6 Å². The molecule has 3 heterocycles. The second kappa shape index (κ2) is 12.0. The summed E-state index contributed by atoms with van der Waals surface area (Å²) < 4.78 is 6.08. The van der Waals surface area contributed by atoms with Crippen LogP contribution in [0.1, 0.15) is 29.7 Å². The molecule has 1 unspecified atom stereocenters. The number of likely N-dealkylation sites (N-methyl/N-ethyl adjacent to an activating group) is 1. The first kappa shape index (κ1) is 24.2. The van der Waals surface area contributed by atoms with Gasteiger partial charge in [0.05, 0.1) is 6.04 Å². The molecule has 6 nitrogen and oxygen atoms in total. The molecule has 0 bridgehead atoms. The van der Waals surface area contributed by atoms with E-state index in [0.717, 1.165) is 64.5 Å². The summed E-state index contributed by atoms with van der Waals surface area (Å²) in [7, 11) is 4.25. The lowest BCUT2D eigenvalue weighted by Gasteiger charge is -2.39. The van der Waals surface area contributed by atoms with E-state index in [1.165, 1.54) is 23.3 Å². The molecule has 180 valence electrons.